The number of hydrogen-bond donors (Lipinski definition) is 2. The number of carbonyl (C=O) groups excluding carboxylic acids is 1. The number of nitrogens with zero attached hydrogens (tertiary/aromatic N) is 1. The fraction of sp³-hybridized carbons (Fsp3) is 0.200. The maximum atomic E-state index is 12.0. The summed E-state index contributed by atoms with van der Waals surface area (Å²) < 4.78 is 5.37. The molecule has 0 spiro atoms. The Balaban J connectivity index is 2.01. The number of aliphatic hydroxyl groups excluding tert-OH is 1. The summed E-state index contributed by atoms with van der Waals surface area (Å²) in [5.41, 5.74) is 0.999. The average molecular weight is 270 g/mol. The summed E-state index contributed by atoms with van der Waals surface area (Å²) in [6.07, 6.45) is 3.00. The van der Waals surface area contributed by atoms with Gasteiger partial charge in [-0.15, -0.1) is 0 Å². The summed E-state index contributed by atoms with van der Waals surface area (Å²) in [6, 6.07) is 5.28. The molecule has 2 aromatic heterocycles. The number of aryl methyl sites for hydroxylation is 1. The van der Waals surface area contributed by atoms with Crippen LogP contribution in [0.3, 0.4) is 0 Å². The number of rotatable bonds is 3. The molecule has 0 aliphatic heterocycles. The van der Waals surface area contributed by atoms with Gasteiger partial charge in [-0.1, -0.05) is 11.8 Å². The highest BCUT2D eigenvalue weighted by molar-refractivity contribution is 5.94. The fourth-order valence-corrected chi connectivity index (χ4v) is 1.62. The van der Waals surface area contributed by atoms with Crippen LogP contribution in [-0.4, -0.2) is 22.6 Å². The van der Waals surface area contributed by atoms with E-state index in [0.717, 1.165) is 5.76 Å². The molecule has 0 unspecified atom stereocenters. The standard InChI is InChI=1S/C15H14N2O3/c1-11-4-5-14(20-11)10-17-15(19)13-7-12(3-2-6-18)8-16-9-13/h4-5,7-9,18H,6,10H2,1H3,(H,17,19). The summed E-state index contributed by atoms with van der Waals surface area (Å²) in [7, 11) is 0. The van der Waals surface area contributed by atoms with E-state index in [2.05, 4.69) is 22.1 Å². The van der Waals surface area contributed by atoms with E-state index < -0.39 is 0 Å². The molecule has 2 N–H and O–H groups in total. The van der Waals surface area contributed by atoms with Gasteiger partial charge in [-0.05, 0) is 25.1 Å². The Morgan fingerprint density at radius 1 is 1.45 bits per heavy atom. The lowest BCUT2D eigenvalue weighted by atomic mass is 10.2. The Bertz CT molecular complexity index is 665. The third kappa shape index (κ3) is 3.70. The number of pyridine rings is 1. The molecule has 102 valence electrons. The molecule has 0 aromatic carbocycles. The molecule has 2 rings (SSSR count). The van der Waals surface area contributed by atoms with Crippen molar-refractivity contribution in [3.8, 4) is 11.8 Å². The third-order valence-electron chi connectivity index (χ3n) is 2.53. The number of amides is 1. The minimum atomic E-state index is -0.251. The Labute approximate surface area is 116 Å². The first kappa shape index (κ1) is 13.8. The van der Waals surface area contributed by atoms with Gasteiger partial charge < -0.3 is 14.8 Å². The monoisotopic (exact) mass is 270 g/mol. The van der Waals surface area contributed by atoms with Gasteiger partial charge in [0, 0.05) is 18.0 Å². The van der Waals surface area contributed by atoms with Gasteiger partial charge in [0.15, 0.2) is 0 Å². The van der Waals surface area contributed by atoms with Gasteiger partial charge in [0.1, 0.15) is 18.1 Å². The van der Waals surface area contributed by atoms with Crippen LogP contribution in [0.25, 0.3) is 0 Å². The second kappa shape index (κ2) is 6.55. The first-order valence-electron chi connectivity index (χ1n) is 6.07. The number of hydrogen-bond acceptors (Lipinski definition) is 4. The lowest BCUT2D eigenvalue weighted by Crippen LogP contribution is -2.22. The van der Waals surface area contributed by atoms with Crippen molar-refractivity contribution in [2.24, 2.45) is 0 Å². The maximum absolute atomic E-state index is 12.0. The highest BCUT2D eigenvalue weighted by Gasteiger charge is 2.07. The quantitative estimate of drug-likeness (QED) is 0.823. The van der Waals surface area contributed by atoms with Crippen LogP contribution < -0.4 is 5.32 Å². The van der Waals surface area contributed by atoms with E-state index in [9.17, 15) is 4.79 Å². The van der Waals surface area contributed by atoms with Crippen molar-refractivity contribution in [1.29, 1.82) is 0 Å². The van der Waals surface area contributed by atoms with Crippen LogP contribution in [0.15, 0.2) is 35.0 Å². The van der Waals surface area contributed by atoms with Gasteiger partial charge in [-0.25, -0.2) is 0 Å². The van der Waals surface area contributed by atoms with Crippen molar-refractivity contribution in [3.63, 3.8) is 0 Å². The molecule has 0 atom stereocenters. The Hall–Kier alpha value is -2.58. The highest BCUT2D eigenvalue weighted by atomic mass is 16.3. The molecule has 0 aliphatic rings. The molecule has 0 saturated carbocycles. The Morgan fingerprint density at radius 2 is 2.30 bits per heavy atom. The van der Waals surface area contributed by atoms with E-state index in [4.69, 9.17) is 9.52 Å². The van der Waals surface area contributed by atoms with Gasteiger partial charge >= 0.3 is 0 Å². The Morgan fingerprint density at radius 3 is 3.00 bits per heavy atom. The second-order valence-electron chi connectivity index (χ2n) is 4.12. The molecule has 0 saturated heterocycles. The smallest absolute Gasteiger partial charge is 0.253 e. The summed E-state index contributed by atoms with van der Waals surface area (Å²) in [4.78, 5) is 15.9. The maximum Gasteiger partial charge on any atom is 0.253 e. The lowest BCUT2D eigenvalue weighted by Gasteiger charge is -2.03. The minimum Gasteiger partial charge on any atom is -0.465 e. The zero-order valence-electron chi connectivity index (χ0n) is 11.0. The molecular formula is C15H14N2O3. The van der Waals surface area contributed by atoms with Crippen molar-refractivity contribution < 1.29 is 14.3 Å². The first-order chi connectivity index (χ1) is 9.69. The molecule has 0 fully saturated rings. The molecule has 20 heavy (non-hydrogen) atoms. The average Bonchev–Trinajstić information content (AvgIpc) is 2.88. The number of furan rings is 1. The molecule has 5 nitrogen and oxygen atoms in total. The molecule has 2 aromatic rings. The van der Waals surface area contributed by atoms with Gasteiger partial charge in [0.05, 0.1) is 12.1 Å². The summed E-state index contributed by atoms with van der Waals surface area (Å²) >= 11 is 0. The predicted octanol–water partition coefficient (Wildman–Crippen LogP) is 1.26. The van der Waals surface area contributed by atoms with Crippen LogP contribution >= 0.6 is 0 Å². The number of nitrogens with one attached hydrogen (secondary N) is 1. The van der Waals surface area contributed by atoms with E-state index in [1.54, 1.807) is 6.07 Å². The molecule has 1 amide bonds. The predicted molar refractivity (Wildman–Crippen MR) is 72.8 cm³/mol. The van der Waals surface area contributed by atoms with Crippen LogP contribution in [-0.2, 0) is 6.54 Å². The van der Waals surface area contributed by atoms with Crippen LogP contribution in [0.5, 0.6) is 0 Å². The molecular weight excluding hydrogens is 256 g/mol. The van der Waals surface area contributed by atoms with Crippen molar-refractivity contribution in [2.75, 3.05) is 6.61 Å². The van der Waals surface area contributed by atoms with Crippen LogP contribution in [0, 0.1) is 18.8 Å². The van der Waals surface area contributed by atoms with Crippen molar-refractivity contribution in [2.45, 2.75) is 13.5 Å². The van der Waals surface area contributed by atoms with E-state index in [1.165, 1.54) is 12.4 Å². The van der Waals surface area contributed by atoms with Gasteiger partial charge in [-0.3, -0.25) is 9.78 Å². The lowest BCUT2D eigenvalue weighted by molar-refractivity contribution is 0.0947. The Kier molecular flexibility index (Phi) is 4.53. The minimum absolute atomic E-state index is 0.228. The number of aliphatic hydroxyl groups is 1. The van der Waals surface area contributed by atoms with Crippen LogP contribution in [0.1, 0.15) is 27.4 Å². The fourth-order valence-electron chi connectivity index (χ4n) is 1.62. The van der Waals surface area contributed by atoms with E-state index >= 15 is 0 Å². The largest absolute Gasteiger partial charge is 0.465 e. The van der Waals surface area contributed by atoms with E-state index in [1.807, 2.05) is 19.1 Å². The van der Waals surface area contributed by atoms with Gasteiger partial charge in [-0.2, -0.15) is 0 Å². The van der Waals surface area contributed by atoms with Crippen LogP contribution in [0.2, 0.25) is 0 Å². The third-order valence-corrected chi connectivity index (χ3v) is 2.53. The first-order valence-corrected chi connectivity index (χ1v) is 6.07. The van der Waals surface area contributed by atoms with Crippen LogP contribution in [0.4, 0.5) is 0 Å². The number of carbonyl (C=O) groups is 1. The summed E-state index contributed by atoms with van der Waals surface area (Å²) in [5, 5.41) is 11.4. The van der Waals surface area contributed by atoms with E-state index in [-0.39, 0.29) is 12.5 Å². The molecule has 5 heteroatoms. The zero-order chi connectivity index (χ0) is 14.4. The topological polar surface area (TPSA) is 75.4 Å². The highest BCUT2D eigenvalue weighted by Crippen LogP contribution is 2.06. The molecule has 0 aliphatic carbocycles. The molecule has 0 bridgehead atoms. The molecule has 0 radical (unpaired) electrons. The van der Waals surface area contributed by atoms with Gasteiger partial charge in [0.25, 0.3) is 5.91 Å². The van der Waals surface area contributed by atoms with E-state index in [0.29, 0.717) is 23.4 Å². The second-order valence-corrected chi connectivity index (χ2v) is 4.12. The summed E-state index contributed by atoms with van der Waals surface area (Å²) in [5.74, 6) is 6.46. The van der Waals surface area contributed by atoms with Gasteiger partial charge in [0.2, 0.25) is 0 Å². The van der Waals surface area contributed by atoms with Crippen molar-refractivity contribution >= 4 is 5.91 Å². The molecule has 2 heterocycles. The normalized spacial score (nSPS) is 9.70. The summed E-state index contributed by atoms with van der Waals surface area (Å²) in [6.45, 7) is 1.94. The van der Waals surface area contributed by atoms with Crippen molar-refractivity contribution in [1.82, 2.24) is 10.3 Å². The zero-order valence-corrected chi connectivity index (χ0v) is 11.0. The SMILES string of the molecule is Cc1ccc(CNC(=O)c2cncc(C#CCO)c2)o1. The number of aromatic nitrogens is 1. The van der Waals surface area contributed by atoms with Crippen molar-refractivity contribution in [3.05, 3.63) is 53.2 Å².